The molecule has 1 aromatic carbocycles. The largest absolute Gasteiger partial charge is 0.307 e. The molecule has 0 radical (unpaired) electrons. The van der Waals surface area contributed by atoms with Gasteiger partial charge in [-0.15, -0.1) is 11.3 Å². The van der Waals surface area contributed by atoms with E-state index in [-0.39, 0.29) is 5.82 Å². The highest BCUT2D eigenvalue weighted by Gasteiger charge is 2.02. The van der Waals surface area contributed by atoms with Gasteiger partial charge in [0.2, 0.25) is 0 Å². The molecular weight excluding hydrogens is 291 g/mol. The molecule has 2 aromatic rings. The molecule has 0 atom stereocenters. The number of halogens is 2. The van der Waals surface area contributed by atoms with Crippen molar-refractivity contribution in [2.24, 2.45) is 0 Å². The number of hydrogen-bond donors (Lipinski definition) is 1. The molecule has 16 heavy (non-hydrogen) atoms. The Kier molecular flexibility index (Phi) is 4.04. The standard InChI is InChI=1S/C11H10BrFN2S/c12-9-2-1-8(11(13)3-9)4-14-5-10-6-16-7-15-10/h1-3,6-7,14H,4-5H2. The molecule has 2 nitrogen and oxygen atoms in total. The van der Waals surface area contributed by atoms with Crippen LogP contribution >= 0.6 is 27.3 Å². The Morgan fingerprint density at radius 2 is 2.25 bits per heavy atom. The maximum absolute atomic E-state index is 13.4. The second kappa shape index (κ2) is 5.52. The molecule has 2 rings (SSSR count). The first-order valence-electron chi connectivity index (χ1n) is 4.77. The fourth-order valence-corrected chi connectivity index (χ4v) is 2.21. The van der Waals surface area contributed by atoms with Crippen LogP contribution < -0.4 is 5.32 Å². The van der Waals surface area contributed by atoms with E-state index in [1.54, 1.807) is 22.9 Å². The van der Waals surface area contributed by atoms with E-state index in [0.717, 1.165) is 10.2 Å². The number of thiazole rings is 1. The summed E-state index contributed by atoms with van der Waals surface area (Å²) in [6.45, 7) is 1.18. The van der Waals surface area contributed by atoms with Crippen LogP contribution in [0.15, 0.2) is 33.6 Å². The summed E-state index contributed by atoms with van der Waals surface area (Å²) in [6.07, 6.45) is 0. The van der Waals surface area contributed by atoms with Gasteiger partial charge >= 0.3 is 0 Å². The van der Waals surface area contributed by atoms with Crippen molar-refractivity contribution in [1.82, 2.24) is 10.3 Å². The monoisotopic (exact) mass is 300 g/mol. The zero-order chi connectivity index (χ0) is 11.4. The highest BCUT2D eigenvalue weighted by atomic mass is 79.9. The molecule has 0 saturated heterocycles. The zero-order valence-corrected chi connectivity index (χ0v) is 10.8. The molecule has 0 spiro atoms. The van der Waals surface area contributed by atoms with Gasteiger partial charge in [0.15, 0.2) is 0 Å². The summed E-state index contributed by atoms with van der Waals surface area (Å²) in [7, 11) is 0. The summed E-state index contributed by atoms with van der Waals surface area (Å²) in [5.41, 5.74) is 3.44. The minimum absolute atomic E-state index is 0.194. The van der Waals surface area contributed by atoms with Gasteiger partial charge in [0.25, 0.3) is 0 Å². The number of benzene rings is 1. The van der Waals surface area contributed by atoms with Crippen LogP contribution in [-0.2, 0) is 13.1 Å². The highest BCUT2D eigenvalue weighted by molar-refractivity contribution is 9.10. The highest BCUT2D eigenvalue weighted by Crippen LogP contribution is 2.15. The molecule has 1 N–H and O–H groups in total. The lowest BCUT2D eigenvalue weighted by atomic mass is 10.2. The predicted molar refractivity (Wildman–Crippen MR) is 66.8 cm³/mol. The molecule has 0 aliphatic rings. The molecule has 0 aliphatic carbocycles. The van der Waals surface area contributed by atoms with Gasteiger partial charge in [-0.1, -0.05) is 22.0 Å². The lowest BCUT2D eigenvalue weighted by Gasteiger charge is -2.04. The van der Waals surface area contributed by atoms with Crippen molar-refractivity contribution in [3.8, 4) is 0 Å². The third kappa shape index (κ3) is 3.10. The summed E-state index contributed by atoms with van der Waals surface area (Å²) < 4.78 is 14.2. The van der Waals surface area contributed by atoms with Gasteiger partial charge in [-0.05, 0) is 12.1 Å². The fourth-order valence-electron chi connectivity index (χ4n) is 1.32. The number of aromatic nitrogens is 1. The first-order chi connectivity index (χ1) is 7.75. The fraction of sp³-hybridized carbons (Fsp3) is 0.182. The van der Waals surface area contributed by atoms with Crippen molar-refractivity contribution in [2.75, 3.05) is 0 Å². The lowest BCUT2D eigenvalue weighted by molar-refractivity contribution is 0.585. The average Bonchev–Trinajstić information content (AvgIpc) is 2.74. The van der Waals surface area contributed by atoms with Crippen LogP contribution in [0.4, 0.5) is 4.39 Å². The van der Waals surface area contributed by atoms with E-state index < -0.39 is 0 Å². The molecule has 0 saturated carbocycles. The van der Waals surface area contributed by atoms with Crippen molar-refractivity contribution in [1.29, 1.82) is 0 Å². The van der Waals surface area contributed by atoms with Crippen LogP contribution in [0.3, 0.4) is 0 Å². The van der Waals surface area contributed by atoms with E-state index in [0.29, 0.717) is 18.7 Å². The Labute approximate surface area is 106 Å². The van der Waals surface area contributed by atoms with E-state index in [4.69, 9.17) is 0 Å². The van der Waals surface area contributed by atoms with Crippen LogP contribution in [0, 0.1) is 5.82 Å². The van der Waals surface area contributed by atoms with Gasteiger partial charge in [-0.3, -0.25) is 0 Å². The number of rotatable bonds is 4. The Morgan fingerprint density at radius 1 is 1.38 bits per heavy atom. The van der Waals surface area contributed by atoms with Crippen LogP contribution in [-0.4, -0.2) is 4.98 Å². The van der Waals surface area contributed by atoms with E-state index in [1.165, 1.54) is 6.07 Å². The smallest absolute Gasteiger partial charge is 0.128 e. The van der Waals surface area contributed by atoms with Crippen LogP contribution in [0.2, 0.25) is 0 Å². The molecular formula is C11H10BrFN2S. The lowest BCUT2D eigenvalue weighted by Crippen LogP contribution is -2.13. The summed E-state index contributed by atoms with van der Waals surface area (Å²) in [6, 6.07) is 5.08. The summed E-state index contributed by atoms with van der Waals surface area (Å²) in [4.78, 5) is 4.14. The Bertz CT molecular complexity index is 459. The number of hydrogen-bond acceptors (Lipinski definition) is 3. The van der Waals surface area contributed by atoms with E-state index in [9.17, 15) is 4.39 Å². The topological polar surface area (TPSA) is 24.9 Å². The third-order valence-corrected chi connectivity index (χ3v) is 3.25. The molecule has 1 aromatic heterocycles. The van der Waals surface area contributed by atoms with Gasteiger partial charge in [0, 0.05) is 28.5 Å². The van der Waals surface area contributed by atoms with Gasteiger partial charge < -0.3 is 5.32 Å². The van der Waals surface area contributed by atoms with Crippen LogP contribution in [0.1, 0.15) is 11.3 Å². The first-order valence-corrected chi connectivity index (χ1v) is 6.51. The van der Waals surface area contributed by atoms with Crippen molar-refractivity contribution in [3.05, 3.63) is 50.6 Å². The SMILES string of the molecule is Fc1cc(Br)ccc1CNCc1cscn1. The summed E-state index contributed by atoms with van der Waals surface area (Å²) in [5, 5.41) is 5.13. The minimum Gasteiger partial charge on any atom is -0.307 e. The average molecular weight is 301 g/mol. The normalized spacial score (nSPS) is 10.6. The summed E-state index contributed by atoms with van der Waals surface area (Å²) in [5.74, 6) is -0.194. The number of nitrogens with zero attached hydrogens (tertiary/aromatic N) is 1. The maximum atomic E-state index is 13.4. The molecule has 0 aliphatic heterocycles. The molecule has 84 valence electrons. The Morgan fingerprint density at radius 3 is 2.94 bits per heavy atom. The molecule has 0 amide bonds. The predicted octanol–water partition coefficient (Wildman–Crippen LogP) is 3.33. The summed E-state index contributed by atoms with van der Waals surface area (Å²) >= 11 is 4.79. The third-order valence-electron chi connectivity index (χ3n) is 2.12. The maximum Gasteiger partial charge on any atom is 0.128 e. The van der Waals surface area contributed by atoms with E-state index >= 15 is 0 Å². The number of nitrogens with one attached hydrogen (secondary N) is 1. The van der Waals surface area contributed by atoms with Crippen molar-refractivity contribution in [2.45, 2.75) is 13.1 Å². The van der Waals surface area contributed by atoms with E-state index in [2.05, 4.69) is 26.2 Å². The molecule has 1 heterocycles. The molecule has 5 heteroatoms. The Hall–Kier alpha value is -0.780. The molecule has 0 fully saturated rings. The zero-order valence-electron chi connectivity index (χ0n) is 8.41. The second-order valence-corrected chi connectivity index (χ2v) is 4.95. The van der Waals surface area contributed by atoms with Gasteiger partial charge in [0.05, 0.1) is 11.2 Å². The van der Waals surface area contributed by atoms with Gasteiger partial charge in [0.1, 0.15) is 5.82 Å². The van der Waals surface area contributed by atoms with Crippen LogP contribution in [0.25, 0.3) is 0 Å². The van der Waals surface area contributed by atoms with Crippen molar-refractivity contribution >= 4 is 27.3 Å². The van der Waals surface area contributed by atoms with Crippen molar-refractivity contribution < 1.29 is 4.39 Å². The van der Waals surface area contributed by atoms with Crippen molar-refractivity contribution in [3.63, 3.8) is 0 Å². The minimum atomic E-state index is -0.194. The molecule has 0 bridgehead atoms. The van der Waals surface area contributed by atoms with E-state index in [1.807, 2.05) is 11.4 Å². The first kappa shape index (κ1) is 11.7. The van der Waals surface area contributed by atoms with Crippen LogP contribution in [0.5, 0.6) is 0 Å². The quantitative estimate of drug-likeness (QED) is 0.937. The second-order valence-electron chi connectivity index (χ2n) is 3.32. The molecule has 0 unspecified atom stereocenters. The van der Waals surface area contributed by atoms with Gasteiger partial charge in [-0.25, -0.2) is 9.37 Å². The van der Waals surface area contributed by atoms with Gasteiger partial charge in [-0.2, -0.15) is 0 Å². The Balaban J connectivity index is 1.90.